The van der Waals surface area contributed by atoms with Crippen molar-refractivity contribution in [2.24, 2.45) is 10.8 Å². The molecule has 4 rings (SSSR count). The highest BCUT2D eigenvalue weighted by atomic mass is 35.5. The molecule has 2 atom stereocenters. The fraction of sp³-hybridized carbons (Fsp3) is 0.560. The maximum absolute atomic E-state index is 12.9. The second-order valence-corrected chi connectivity index (χ2v) is 11.0. The van der Waals surface area contributed by atoms with E-state index in [1.807, 2.05) is 36.1 Å². The van der Waals surface area contributed by atoms with Crippen molar-refractivity contribution in [3.05, 3.63) is 51.8 Å². The smallest absolute Gasteiger partial charge is 0.342 e. The van der Waals surface area contributed by atoms with Crippen molar-refractivity contribution >= 4 is 23.5 Å². The number of likely N-dealkylation sites (tertiary alicyclic amines) is 1. The summed E-state index contributed by atoms with van der Waals surface area (Å²) in [5, 5.41) is 5.16. The molecule has 2 fully saturated rings. The lowest BCUT2D eigenvalue weighted by atomic mass is 9.65. The summed E-state index contributed by atoms with van der Waals surface area (Å²) in [5.74, 6) is -0.615. The van der Waals surface area contributed by atoms with Crippen LogP contribution in [-0.2, 0) is 16.1 Å². The number of esters is 1. The highest BCUT2D eigenvalue weighted by Gasteiger charge is 2.51. The predicted molar refractivity (Wildman–Crippen MR) is 124 cm³/mol. The Bertz CT molecular complexity index is 1060. The number of rotatable bonds is 5. The molecule has 1 aliphatic heterocycles. The first-order valence-corrected chi connectivity index (χ1v) is 11.6. The van der Waals surface area contributed by atoms with Crippen molar-refractivity contribution in [2.75, 3.05) is 13.2 Å². The van der Waals surface area contributed by atoms with E-state index in [0.717, 1.165) is 31.4 Å². The van der Waals surface area contributed by atoms with Gasteiger partial charge in [0.05, 0.1) is 17.9 Å². The summed E-state index contributed by atoms with van der Waals surface area (Å²) in [6.45, 7) is 11.4. The van der Waals surface area contributed by atoms with Crippen LogP contribution in [0.25, 0.3) is 0 Å². The molecule has 0 N–H and O–H groups in total. The Kier molecular flexibility index (Phi) is 5.86. The van der Waals surface area contributed by atoms with Crippen molar-refractivity contribution in [2.45, 2.75) is 66.5 Å². The Balaban J connectivity index is 1.42. The van der Waals surface area contributed by atoms with E-state index in [4.69, 9.17) is 16.3 Å². The van der Waals surface area contributed by atoms with Gasteiger partial charge in [0.1, 0.15) is 5.56 Å². The molecule has 2 heterocycles. The summed E-state index contributed by atoms with van der Waals surface area (Å²) < 4.78 is 7.23. The number of hydrogen-bond donors (Lipinski definition) is 0. The number of hydrogen-bond acceptors (Lipinski definition) is 4. The average Bonchev–Trinajstić information content (AvgIpc) is 3.12. The summed E-state index contributed by atoms with van der Waals surface area (Å²) in [6, 6.07) is 7.80. The summed E-state index contributed by atoms with van der Waals surface area (Å²) >= 11 is 6.27. The first kappa shape index (κ1) is 22.8. The van der Waals surface area contributed by atoms with Gasteiger partial charge in [-0.15, -0.1) is 0 Å². The minimum atomic E-state index is -0.507. The third-order valence-corrected chi connectivity index (χ3v) is 7.29. The standard InChI is InChI=1S/C25H32ClN3O3/c1-16-22(17(2)29(27-16)12-18-8-6-7-9-20(18)26)23(31)32-13-21(30)28-15-25(5)11-19(28)10-24(3,4)14-25/h6-9,19H,10-15H2,1-5H3/t19-,25+/m1/s1. The number of ether oxygens (including phenoxy) is 1. The highest BCUT2D eigenvalue weighted by molar-refractivity contribution is 6.31. The van der Waals surface area contributed by atoms with E-state index in [2.05, 4.69) is 25.9 Å². The second-order valence-electron chi connectivity index (χ2n) is 10.6. The van der Waals surface area contributed by atoms with E-state index in [-0.39, 0.29) is 29.4 Å². The first-order valence-electron chi connectivity index (χ1n) is 11.2. The number of carbonyl (C=O) groups is 2. The van der Waals surface area contributed by atoms with Gasteiger partial charge in [-0.05, 0) is 55.6 Å². The maximum Gasteiger partial charge on any atom is 0.342 e. The maximum atomic E-state index is 12.9. The number of aromatic nitrogens is 2. The van der Waals surface area contributed by atoms with E-state index in [9.17, 15) is 9.59 Å². The van der Waals surface area contributed by atoms with Gasteiger partial charge < -0.3 is 9.64 Å². The van der Waals surface area contributed by atoms with Crippen LogP contribution in [-0.4, -0.2) is 45.8 Å². The van der Waals surface area contributed by atoms with Gasteiger partial charge in [0.25, 0.3) is 5.91 Å². The topological polar surface area (TPSA) is 64.4 Å². The van der Waals surface area contributed by atoms with Gasteiger partial charge in [-0.1, -0.05) is 50.6 Å². The lowest BCUT2D eigenvalue weighted by Crippen LogP contribution is -2.39. The van der Waals surface area contributed by atoms with Crippen LogP contribution in [0.4, 0.5) is 0 Å². The molecule has 0 radical (unpaired) electrons. The van der Waals surface area contributed by atoms with E-state index in [0.29, 0.717) is 28.5 Å². The van der Waals surface area contributed by atoms with Crippen LogP contribution in [0.5, 0.6) is 0 Å². The minimum absolute atomic E-state index is 0.108. The monoisotopic (exact) mass is 457 g/mol. The lowest BCUT2D eigenvalue weighted by Gasteiger charge is -2.39. The number of amides is 1. The Labute approximate surface area is 194 Å². The van der Waals surface area contributed by atoms with Crippen LogP contribution in [0.1, 0.15) is 67.3 Å². The van der Waals surface area contributed by atoms with E-state index >= 15 is 0 Å². The molecule has 2 aliphatic rings. The molecule has 1 amide bonds. The molecule has 0 unspecified atom stereocenters. The van der Waals surface area contributed by atoms with E-state index in [1.54, 1.807) is 11.6 Å². The Morgan fingerprint density at radius 2 is 1.91 bits per heavy atom. The van der Waals surface area contributed by atoms with Crippen molar-refractivity contribution in [3.63, 3.8) is 0 Å². The fourth-order valence-electron chi connectivity index (χ4n) is 5.97. The zero-order valence-electron chi connectivity index (χ0n) is 19.6. The van der Waals surface area contributed by atoms with Crippen LogP contribution in [0.15, 0.2) is 24.3 Å². The third-order valence-electron chi connectivity index (χ3n) is 6.93. The molecular formula is C25H32ClN3O3. The molecule has 1 aliphatic carbocycles. The van der Waals surface area contributed by atoms with Gasteiger partial charge in [0.15, 0.2) is 6.61 Å². The predicted octanol–water partition coefficient (Wildman–Crippen LogP) is 4.79. The number of carbonyl (C=O) groups excluding carboxylic acids is 2. The number of aryl methyl sites for hydroxylation is 1. The van der Waals surface area contributed by atoms with Gasteiger partial charge in [0, 0.05) is 17.6 Å². The fourth-order valence-corrected chi connectivity index (χ4v) is 6.16. The summed E-state index contributed by atoms with van der Waals surface area (Å²) in [7, 11) is 0. The van der Waals surface area contributed by atoms with Gasteiger partial charge >= 0.3 is 5.97 Å². The lowest BCUT2D eigenvalue weighted by molar-refractivity contribution is -0.135. The molecule has 1 saturated carbocycles. The van der Waals surface area contributed by atoms with Gasteiger partial charge in [-0.25, -0.2) is 4.79 Å². The molecule has 2 bridgehead atoms. The second kappa shape index (κ2) is 8.22. The molecule has 1 saturated heterocycles. The molecule has 1 aromatic heterocycles. The number of benzene rings is 1. The normalized spacial score (nSPS) is 23.9. The van der Waals surface area contributed by atoms with E-state index < -0.39 is 5.97 Å². The first-order chi connectivity index (χ1) is 15.0. The van der Waals surface area contributed by atoms with Crippen molar-refractivity contribution < 1.29 is 14.3 Å². The third kappa shape index (κ3) is 4.42. The minimum Gasteiger partial charge on any atom is -0.452 e. The largest absolute Gasteiger partial charge is 0.452 e. The Hall–Kier alpha value is -2.34. The molecule has 32 heavy (non-hydrogen) atoms. The van der Waals surface area contributed by atoms with Crippen molar-refractivity contribution in [3.8, 4) is 0 Å². The number of halogens is 1. The van der Waals surface area contributed by atoms with Gasteiger partial charge in [-0.2, -0.15) is 5.10 Å². The van der Waals surface area contributed by atoms with Crippen LogP contribution < -0.4 is 0 Å². The molecule has 7 heteroatoms. The van der Waals surface area contributed by atoms with E-state index in [1.165, 1.54) is 0 Å². The molecular weight excluding hydrogens is 426 g/mol. The number of fused-ring (bicyclic) bond motifs is 2. The number of nitrogens with zero attached hydrogens (tertiary/aromatic N) is 3. The highest BCUT2D eigenvalue weighted by Crippen LogP contribution is 2.52. The van der Waals surface area contributed by atoms with Crippen LogP contribution in [0, 0.1) is 24.7 Å². The summed E-state index contributed by atoms with van der Waals surface area (Å²) in [4.78, 5) is 27.7. The van der Waals surface area contributed by atoms with Crippen LogP contribution in [0.2, 0.25) is 5.02 Å². The zero-order valence-corrected chi connectivity index (χ0v) is 20.3. The summed E-state index contributed by atoms with van der Waals surface area (Å²) in [5.41, 5.74) is 3.00. The van der Waals surface area contributed by atoms with Crippen LogP contribution in [0.3, 0.4) is 0 Å². The SMILES string of the molecule is Cc1nn(Cc2ccccc2Cl)c(C)c1C(=O)OCC(=O)N1C[C@@]2(C)C[C@H]1CC(C)(C)C2. The molecule has 1 aromatic carbocycles. The molecule has 6 nitrogen and oxygen atoms in total. The van der Waals surface area contributed by atoms with Crippen LogP contribution >= 0.6 is 11.6 Å². The quantitative estimate of drug-likeness (QED) is 0.606. The van der Waals surface area contributed by atoms with Crippen molar-refractivity contribution in [1.29, 1.82) is 0 Å². The molecule has 2 aromatic rings. The van der Waals surface area contributed by atoms with Gasteiger partial charge in [0.2, 0.25) is 0 Å². The molecule has 0 spiro atoms. The van der Waals surface area contributed by atoms with Gasteiger partial charge in [-0.3, -0.25) is 9.48 Å². The average molecular weight is 458 g/mol. The summed E-state index contributed by atoms with van der Waals surface area (Å²) in [6.07, 6.45) is 3.14. The Morgan fingerprint density at radius 3 is 2.62 bits per heavy atom. The molecule has 172 valence electrons. The zero-order chi connectivity index (χ0) is 23.3. The van der Waals surface area contributed by atoms with Crippen molar-refractivity contribution in [1.82, 2.24) is 14.7 Å². The Morgan fingerprint density at radius 1 is 1.19 bits per heavy atom.